The van der Waals surface area contributed by atoms with Gasteiger partial charge in [0.2, 0.25) is 0 Å². The van der Waals surface area contributed by atoms with E-state index in [1.54, 1.807) is 13.2 Å². The second-order valence-corrected chi connectivity index (χ2v) is 4.71. The molecule has 0 saturated carbocycles. The van der Waals surface area contributed by atoms with E-state index in [9.17, 15) is 4.79 Å². The summed E-state index contributed by atoms with van der Waals surface area (Å²) in [7, 11) is 1.59. The van der Waals surface area contributed by atoms with Crippen LogP contribution in [0.2, 0.25) is 0 Å². The minimum Gasteiger partial charge on any atom is -0.489 e. The number of benzene rings is 1. The molecule has 0 aliphatic carbocycles. The quantitative estimate of drug-likeness (QED) is 0.851. The van der Waals surface area contributed by atoms with Gasteiger partial charge in [-0.2, -0.15) is 0 Å². The van der Waals surface area contributed by atoms with Gasteiger partial charge >= 0.3 is 0 Å². The lowest BCUT2D eigenvalue weighted by molar-refractivity contribution is 0.0874. The van der Waals surface area contributed by atoms with Gasteiger partial charge in [-0.25, -0.2) is 0 Å². The molecule has 1 aromatic heterocycles. The van der Waals surface area contributed by atoms with Gasteiger partial charge < -0.3 is 19.2 Å². The molecule has 0 aliphatic heterocycles. The molecule has 0 saturated heterocycles. The molecule has 1 heterocycles. The van der Waals surface area contributed by atoms with Crippen LogP contribution in [0.15, 0.2) is 47.1 Å². The highest BCUT2D eigenvalue weighted by Crippen LogP contribution is 2.15. The third-order valence-corrected chi connectivity index (χ3v) is 2.88. The number of carbonyl (C=O) groups is 1. The van der Waals surface area contributed by atoms with Crippen molar-refractivity contribution in [2.45, 2.75) is 19.6 Å². The normalized spacial score (nSPS) is 11.9. The van der Waals surface area contributed by atoms with Crippen LogP contribution in [0.3, 0.4) is 0 Å². The summed E-state index contributed by atoms with van der Waals surface area (Å²) in [5, 5.41) is 2.81. The predicted molar refractivity (Wildman–Crippen MR) is 78.3 cm³/mol. The highest BCUT2D eigenvalue weighted by molar-refractivity contribution is 5.93. The monoisotopic (exact) mass is 289 g/mol. The molecule has 2 aromatic rings. The van der Waals surface area contributed by atoms with Crippen molar-refractivity contribution in [3.63, 3.8) is 0 Å². The largest absolute Gasteiger partial charge is 0.489 e. The standard InChI is InChI=1S/C16H19NO4/c1-12(10-19-2)17-16(18)15-13(8-9-20-15)11-21-14-6-4-3-5-7-14/h3-9,12H,10-11H2,1-2H3,(H,17,18)/t12-/m0/s1. The van der Waals surface area contributed by atoms with Crippen molar-refractivity contribution < 1.29 is 18.7 Å². The zero-order chi connectivity index (χ0) is 15.1. The highest BCUT2D eigenvalue weighted by atomic mass is 16.5. The fraction of sp³-hybridized carbons (Fsp3) is 0.312. The van der Waals surface area contributed by atoms with E-state index >= 15 is 0 Å². The molecular formula is C16H19NO4. The van der Waals surface area contributed by atoms with Crippen molar-refractivity contribution in [1.29, 1.82) is 0 Å². The van der Waals surface area contributed by atoms with E-state index in [-0.39, 0.29) is 24.3 Å². The van der Waals surface area contributed by atoms with Crippen molar-refractivity contribution >= 4 is 5.91 Å². The summed E-state index contributed by atoms with van der Waals surface area (Å²) >= 11 is 0. The predicted octanol–water partition coefficient (Wildman–Crippen LogP) is 2.62. The van der Waals surface area contributed by atoms with Crippen molar-refractivity contribution in [3.05, 3.63) is 54.0 Å². The third kappa shape index (κ3) is 4.36. The highest BCUT2D eigenvalue weighted by Gasteiger charge is 2.17. The fourth-order valence-corrected chi connectivity index (χ4v) is 1.91. The van der Waals surface area contributed by atoms with E-state index in [2.05, 4.69) is 5.32 Å². The van der Waals surface area contributed by atoms with Crippen LogP contribution >= 0.6 is 0 Å². The number of methoxy groups -OCH3 is 1. The van der Waals surface area contributed by atoms with Crippen LogP contribution in [0.25, 0.3) is 0 Å². The first kappa shape index (κ1) is 15.1. The molecule has 0 radical (unpaired) electrons. The third-order valence-electron chi connectivity index (χ3n) is 2.88. The summed E-state index contributed by atoms with van der Waals surface area (Å²) in [6, 6.07) is 11.1. The molecule has 1 atom stereocenters. The Balaban J connectivity index is 1.96. The topological polar surface area (TPSA) is 60.7 Å². The van der Waals surface area contributed by atoms with Crippen LogP contribution < -0.4 is 10.1 Å². The number of amides is 1. The van der Waals surface area contributed by atoms with Crippen LogP contribution in [0, 0.1) is 0 Å². The maximum atomic E-state index is 12.1. The molecular weight excluding hydrogens is 270 g/mol. The molecule has 2 rings (SSSR count). The molecule has 0 spiro atoms. The Morgan fingerprint density at radius 3 is 2.76 bits per heavy atom. The number of carbonyl (C=O) groups excluding carboxylic acids is 1. The van der Waals surface area contributed by atoms with E-state index in [1.807, 2.05) is 37.3 Å². The van der Waals surface area contributed by atoms with Gasteiger partial charge in [0.1, 0.15) is 12.4 Å². The number of hydrogen-bond donors (Lipinski definition) is 1. The number of furan rings is 1. The molecule has 0 bridgehead atoms. The Hall–Kier alpha value is -2.27. The van der Waals surface area contributed by atoms with E-state index in [1.165, 1.54) is 6.26 Å². The second kappa shape index (κ2) is 7.50. The smallest absolute Gasteiger partial charge is 0.287 e. The average Bonchev–Trinajstić information content (AvgIpc) is 2.95. The van der Waals surface area contributed by atoms with E-state index in [0.717, 1.165) is 5.75 Å². The molecule has 0 fully saturated rings. The van der Waals surface area contributed by atoms with Gasteiger partial charge in [-0.1, -0.05) is 18.2 Å². The molecule has 5 nitrogen and oxygen atoms in total. The van der Waals surface area contributed by atoms with Gasteiger partial charge in [0, 0.05) is 18.7 Å². The summed E-state index contributed by atoms with van der Waals surface area (Å²) in [4.78, 5) is 12.1. The average molecular weight is 289 g/mol. The van der Waals surface area contributed by atoms with E-state index in [4.69, 9.17) is 13.9 Å². The Labute approximate surface area is 123 Å². The summed E-state index contributed by atoms with van der Waals surface area (Å²) < 4.78 is 15.9. The first-order chi connectivity index (χ1) is 10.2. The van der Waals surface area contributed by atoms with Gasteiger partial charge in [-0.3, -0.25) is 4.79 Å². The molecule has 0 unspecified atom stereocenters. The zero-order valence-corrected chi connectivity index (χ0v) is 12.2. The number of rotatable bonds is 7. The first-order valence-electron chi connectivity index (χ1n) is 6.74. The maximum absolute atomic E-state index is 12.1. The van der Waals surface area contributed by atoms with E-state index in [0.29, 0.717) is 12.2 Å². The van der Waals surface area contributed by atoms with Crippen LogP contribution in [0.5, 0.6) is 5.75 Å². The van der Waals surface area contributed by atoms with Gasteiger partial charge in [-0.05, 0) is 25.1 Å². The van der Waals surface area contributed by atoms with Gasteiger partial charge in [-0.15, -0.1) is 0 Å². The van der Waals surface area contributed by atoms with Gasteiger partial charge in [0.15, 0.2) is 5.76 Å². The first-order valence-corrected chi connectivity index (χ1v) is 6.74. The lowest BCUT2D eigenvalue weighted by Crippen LogP contribution is -2.35. The number of nitrogens with one attached hydrogen (secondary N) is 1. The summed E-state index contributed by atoms with van der Waals surface area (Å²) in [5.41, 5.74) is 0.709. The van der Waals surface area contributed by atoms with Crippen LogP contribution in [-0.2, 0) is 11.3 Å². The Bertz CT molecular complexity index is 565. The molecule has 1 amide bonds. The summed E-state index contributed by atoms with van der Waals surface area (Å²) in [5.74, 6) is 0.753. The lowest BCUT2D eigenvalue weighted by atomic mass is 10.2. The molecule has 112 valence electrons. The Morgan fingerprint density at radius 1 is 1.29 bits per heavy atom. The van der Waals surface area contributed by atoms with Gasteiger partial charge in [0.25, 0.3) is 5.91 Å². The molecule has 21 heavy (non-hydrogen) atoms. The van der Waals surface area contributed by atoms with Crippen molar-refractivity contribution in [1.82, 2.24) is 5.32 Å². The van der Waals surface area contributed by atoms with Crippen molar-refractivity contribution in [2.24, 2.45) is 0 Å². The molecule has 0 aliphatic rings. The molecule has 1 aromatic carbocycles. The van der Waals surface area contributed by atoms with Gasteiger partial charge in [0.05, 0.1) is 12.9 Å². The SMILES string of the molecule is COC[C@H](C)NC(=O)c1occc1COc1ccccc1. The van der Waals surface area contributed by atoms with Crippen LogP contribution in [0.4, 0.5) is 0 Å². The Kier molecular flexibility index (Phi) is 5.40. The minimum absolute atomic E-state index is 0.0875. The second-order valence-electron chi connectivity index (χ2n) is 4.71. The Morgan fingerprint density at radius 2 is 2.05 bits per heavy atom. The van der Waals surface area contributed by atoms with Crippen LogP contribution in [-0.4, -0.2) is 25.7 Å². The van der Waals surface area contributed by atoms with Crippen molar-refractivity contribution in [3.8, 4) is 5.75 Å². The number of para-hydroxylation sites is 1. The number of hydrogen-bond acceptors (Lipinski definition) is 4. The summed E-state index contributed by atoms with van der Waals surface area (Å²) in [6.45, 7) is 2.59. The molecule has 5 heteroatoms. The molecule has 1 N–H and O–H groups in total. The number of ether oxygens (including phenoxy) is 2. The lowest BCUT2D eigenvalue weighted by Gasteiger charge is -2.12. The minimum atomic E-state index is -0.267. The fourth-order valence-electron chi connectivity index (χ4n) is 1.91. The summed E-state index contributed by atoms with van der Waals surface area (Å²) in [6.07, 6.45) is 1.49. The maximum Gasteiger partial charge on any atom is 0.287 e. The van der Waals surface area contributed by atoms with E-state index < -0.39 is 0 Å². The van der Waals surface area contributed by atoms with Crippen LogP contribution in [0.1, 0.15) is 23.0 Å². The zero-order valence-electron chi connectivity index (χ0n) is 12.2. The van der Waals surface area contributed by atoms with Crippen molar-refractivity contribution in [2.75, 3.05) is 13.7 Å².